The van der Waals surface area contributed by atoms with Gasteiger partial charge in [0.25, 0.3) is 0 Å². The van der Waals surface area contributed by atoms with Gasteiger partial charge < -0.3 is 14.8 Å². The van der Waals surface area contributed by atoms with Gasteiger partial charge in [-0.3, -0.25) is 9.78 Å². The topological polar surface area (TPSA) is 60.5 Å². The van der Waals surface area contributed by atoms with E-state index in [1.165, 1.54) is 17.7 Å². The van der Waals surface area contributed by atoms with Gasteiger partial charge in [-0.2, -0.15) is 0 Å². The van der Waals surface area contributed by atoms with Gasteiger partial charge in [0.15, 0.2) is 11.5 Å². The molecule has 0 spiro atoms. The zero-order chi connectivity index (χ0) is 20.5. The average Bonchev–Trinajstić information content (AvgIpc) is 3.23. The highest BCUT2D eigenvalue weighted by Crippen LogP contribution is 2.37. The molecule has 30 heavy (non-hydrogen) atoms. The number of thioether (sulfide) groups is 1. The summed E-state index contributed by atoms with van der Waals surface area (Å²) in [6, 6.07) is 11.5. The van der Waals surface area contributed by atoms with Crippen molar-refractivity contribution in [2.24, 2.45) is 0 Å². The Labute approximate surface area is 184 Å². The van der Waals surface area contributed by atoms with Gasteiger partial charge in [0.2, 0.25) is 12.7 Å². The van der Waals surface area contributed by atoms with Crippen LogP contribution in [0.1, 0.15) is 29.7 Å². The molecule has 0 radical (unpaired) electrons. The molecule has 154 valence electrons. The molecule has 7 heteroatoms. The first-order chi connectivity index (χ1) is 14.7. The Morgan fingerprint density at radius 2 is 1.97 bits per heavy atom. The Morgan fingerprint density at radius 3 is 2.90 bits per heavy atom. The highest BCUT2D eigenvalue weighted by molar-refractivity contribution is 8.00. The second kappa shape index (κ2) is 8.36. The Bertz CT molecular complexity index is 1140. The smallest absolute Gasteiger partial charge is 0.231 e. The summed E-state index contributed by atoms with van der Waals surface area (Å²) in [6.45, 7) is 0.701. The van der Waals surface area contributed by atoms with Gasteiger partial charge in [-0.15, -0.1) is 11.8 Å². The fourth-order valence-electron chi connectivity index (χ4n) is 3.96. The Hall–Kier alpha value is -2.44. The number of hydrogen-bond acceptors (Lipinski definition) is 5. The zero-order valence-electron chi connectivity index (χ0n) is 16.4. The molecular formula is C23H21ClN2O3S. The molecule has 1 aliphatic carbocycles. The van der Waals surface area contributed by atoms with Crippen LogP contribution >= 0.6 is 23.4 Å². The van der Waals surface area contributed by atoms with Gasteiger partial charge >= 0.3 is 0 Å². The van der Waals surface area contributed by atoms with Gasteiger partial charge in [0.1, 0.15) is 0 Å². The third-order valence-corrected chi connectivity index (χ3v) is 6.84. The number of aromatic nitrogens is 1. The second-order valence-electron chi connectivity index (χ2n) is 7.49. The van der Waals surface area contributed by atoms with E-state index in [-0.39, 0.29) is 12.7 Å². The maximum Gasteiger partial charge on any atom is 0.231 e. The first-order valence-corrected chi connectivity index (χ1v) is 11.4. The van der Waals surface area contributed by atoms with Crippen LogP contribution in [-0.2, 0) is 24.2 Å². The molecule has 5 rings (SSSR count). The number of amides is 1. The van der Waals surface area contributed by atoms with Crippen molar-refractivity contribution in [2.45, 2.75) is 37.1 Å². The minimum Gasteiger partial charge on any atom is -0.454 e. The lowest BCUT2D eigenvalue weighted by atomic mass is 9.94. The minimum atomic E-state index is -0.00536. The molecule has 3 aromatic rings. The molecule has 0 fully saturated rings. The predicted molar refractivity (Wildman–Crippen MR) is 119 cm³/mol. The molecule has 1 N–H and O–H groups in total. The molecule has 0 saturated carbocycles. The monoisotopic (exact) mass is 440 g/mol. The van der Waals surface area contributed by atoms with Gasteiger partial charge in [-0.05, 0) is 67.1 Å². The van der Waals surface area contributed by atoms with Crippen molar-refractivity contribution >= 4 is 40.2 Å². The van der Waals surface area contributed by atoms with E-state index >= 15 is 0 Å². The van der Waals surface area contributed by atoms with E-state index < -0.39 is 0 Å². The first-order valence-electron chi connectivity index (χ1n) is 10.1. The number of nitrogens with zero attached hydrogens (tertiary/aromatic N) is 1. The minimum absolute atomic E-state index is 0.00536. The average molecular weight is 441 g/mol. The molecule has 5 nitrogen and oxygen atoms in total. The highest BCUT2D eigenvalue weighted by Gasteiger charge is 2.20. The van der Waals surface area contributed by atoms with Crippen molar-refractivity contribution < 1.29 is 14.3 Å². The van der Waals surface area contributed by atoms with E-state index in [0.29, 0.717) is 17.3 Å². The van der Waals surface area contributed by atoms with Crippen LogP contribution < -0.4 is 14.8 Å². The van der Waals surface area contributed by atoms with Crippen LogP contribution in [0, 0.1) is 0 Å². The Balaban J connectivity index is 1.30. The van der Waals surface area contributed by atoms with E-state index in [0.717, 1.165) is 52.1 Å². The predicted octanol–water partition coefficient (Wildman–Crippen LogP) is 4.90. The molecule has 0 saturated heterocycles. The third-order valence-electron chi connectivity index (χ3n) is 5.45. The van der Waals surface area contributed by atoms with E-state index in [4.69, 9.17) is 26.1 Å². The lowest BCUT2D eigenvalue weighted by Gasteiger charge is -2.20. The number of nitrogens with one attached hydrogen (secondary N) is 1. The summed E-state index contributed by atoms with van der Waals surface area (Å²) in [5.74, 6) is 1.81. The van der Waals surface area contributed by atoms with E-state index in [2.05, 4.69) is 5.32 Å². The second-order valence-corrected chi connectivity index (χ2v) is 8.91. The molecule has 1 aliphatic heterocycles. The van der Waals surface area contributed by atoms with Crippen LogP contribution in [-0.4, -0.2) is 23.4 Å². The van der Waals surface area contributed by atoms with E-state index in [9.17, 15) is 4.79 Å². The summed E-state index contributed by atoms with van der Waals surface area (Å²) >= 11 is 7.84. The van der Waals surface area contributed by atoms with Gasteiger partial charge in [-0.25, -0.2) is 0 Å². The largest absolute Gasteiger partial charge is 0.454 e. The standard InChI is InChI=1S/C23H21ClN2O3S/c24-15-6-7-19-17(10-15)23(16-3-1-2-4-18(16)26-19)30-12-22(27)25-11-14-5-8-20-21(9-14)29-13-28-20/h5-10H,1-4,11-13H2,(H,25,27). The van der Waals surface area contributed by atoms with Crippen LogP contribution in [0.5, 0.6) is 11.5 Å². The summed E-state index contributed by atoms with van der Waals surface area (Å²) in [6.07, 6.45) is 4.33. The molecule has 0 atom stereocenters. The number of pyridine rings is 1. The SMILES string of the molecule is O=C(CSc1c2c(nc3ccc(Cl)cc13)CCCC2)NCc1ccc2c(c1)OCO2. The number of carbonyl (C=O) groups is 1. The Morgan fingerprint density at radius 1 is 1.10 bits per heavy atom. The molecule has 1 aromatic heterocycles. The van der Waals surface area contributed by atoms with E-state index in [1.54, 1.807) is 11.8 Å². The first kappa shape index (κ1) is 19.5. The maximum absolute atomic E-state index is 12.6. The fraction of sp³-hybridized carbons (Fsp3) is 0.304. The molecule has 2 aliphatic rings. The molecule has 2 aromatic carbocycles. The van der Waals surface area contributed by atoms with Crippen molar-refractivity contribution in [3.63, 3.8) is 0 Å². The molecule has 2 heterocycles. The van der Waals surface area contributed by atoms with Crippen LogP contribution in [0.25, 0.3) is 10.9 Å². The van der Waals surface area contributed by atoms with Crippen molar-refractivity contribution in [3.05, 3.63) is 58.2 Å². The summed E-state index contributed by atoms with van der Waals surface area (Å²) in [7, 11) is 0. The maximum atomic E-state index is 12.6. The van der Waals surface area contributed by atoms with Gasteiger partial charge in [0.05, 0.1) is 11.3 Å². The van der Waals surface area contributed by atoms with Crippen LogP contribution in [0.2, 0.25) is 5.02 Å². The van der Waals surface area contributed by atoms with Crippen LogP contribution in [0.15, 0.2) is 41.3 Å². The summed E-state index contributed by atoms with van der Waals surface area (Å²) in [5.41, 5.74) is 4.38. The lowest BCUT2D eigenvalue weighted by molar-refractivity contribution is -0.118. The quantitative estimate of drug-likeness (QED) is 0.571. The number of carbonyl (C=O) groups excluding carboxylic acids is 1. The third kappa shape index (κ3) is 3.94. The van der Waals surface area contributed by atoms with Crippen LogP contribution in [0.4, 0.5) is 0 Å². The van der Waals surface area contributed by atoms with Crippen LogP contribution in [0.3, 0.4) is 0 Å². The summed E-state index contributed by atoms with van der Waals surface area (Å²) < 4.78 is 10.7. The zero-order valence-corrected chi connectivity index (χ0v) is 17.9. The van der Waals surface area contributed by atoms with Crippen molar-refractivity contribution in [1.29, 1.82) is 0 Å². The van der Waals surface area contributed by atoms with Crippen molar-refractivity contribution in [1.82, 2.24) is 10.3 Å². The number of aryl methyl sites for hydroxylation is 1. The molecule has 0 unspecified atom stereocenters. The number of hydrogen-bond donors (Lipinski definition) is 1. The van der Waals surface area contributed by atoms with Crippen molar-refractivity contribution in [3.8, 4) is 11.5 Å². The number of benzene rings is 2. The lowest BCUT2D eigenvalue weighted by Crippen LogP contribution is -2.24. The van der Waals surface area contributed by atoms with Gasteiger partial charge in [-0.1, -0.05) is 17.7 Å². The summed E-state index contributed by atoms with van der Waals surface area (Å²) in [4.78, 5) is 18.6. The summed E-state index contributed by atoms with van der Waals surface area (Å²) in [5, 5.41) is 4.73. The van der Waals surface area contributed by atoms with Gasteiger partial charge in [0, 0.05) is 27.5 Å². The van der Waals surface area contributed by atoms with Crippen molar-refractivity contribution in [2.75, 3.05) is 12.5 Å². The number of fused-ring (bicyclic) bond motifs is 3. The normalized spacial score (nSPS) is 14.6. The molecule has 0 bridgehead atoms. The number of halogens is 1. The highest BCUT2D eigenvalue weighted by atomic mass is 35.5. The number of rotatable bonds is 5. The number of ether oxygens (including phenoxy) is 2. The fourth-order valence-corrected chi connectivity index (χ4v) is 5.22. The molecule has 1 amide bonds. The van der Waals surface area contributed by atoms with E-state index in [1.807, 2.05) is 36.4 Å². The Kier molecular flexibility index (Phi) is 5.44. The molecular weight excluding hydrogens is 420 g/mol.